The van der Waals surface area contributed by atoms with Gasteiger partial charge in [-0.15, -0.1) is 0 Å². The van der Waals surface area contributed by atoms with E-state index in [0.29, 0.717) is 9.26 Å². The van der Waals surface area contributed by atoms with E-state index in [4.69, 9.17) is 0 Å². The summed E-state index contributed by atoms with van der Waals surface area (Å²) in [5.41, 5.74) is 0.594. The van der Waals surface area contributed by atoms with Crippen LogP contribution in [0.3, 0.4) is 0 Å². The molecule has 0 aliphatic rings. The van der Waals surface area contributed by atoms with Crippen LogP contribution in [-0.2, 0) is 21.3 Å². The van der Waals surface area contributed by atoms with Crippen LogP contribution in [0.5, 0.6) is 0 Å². The molecule has 3 nitrogen and oxygen atoms in total. The van der Waals surface area contributed by atoms with Crippen LogP contribution < -0.4 is 0 Å². The molecule has 1 heterocycles. The minimum Gasteiger partial charge on any atom is -0.469 e. The van der Waals surface area contributed by atoms with Gasteiger partial charge < -0.3 is 4.74 Å². The summed E-state index contributed by atoms with van der Waals surface area (Å²) in [6.45, 7) is 0. The number of methoxy groups -OCH3 is 1. The molecule has 0 aromatic carbocycles. The predicted molar refractivity (Wildman–Crippen MR) is 70.3 cm³/mol. The maximum absolute atomic E-state index is 12.8. The first kappa shape index (κ1) is 14.7. The summed E-state index contributed by atoms with van der Waals surface area (Å²) in [6.07, 6.45) is -2.66. The maximum atomic E-state index is 12.8. The number of rotatable bonds is 4. The van der Waals surface area contributed by atoms with Gasteiger partial charge in [0.25, 0.3) is 6.43 Å². The molecule has 0 aliphatic carbocycles. The van der Waals surface area contributed by atoms with E-state index in [-0.39, 0.29) is 23.0 Å². The zero-order valence-electron chi connectivity index (χ0n) is 8.84. The van der Waals surface area contributed by atoms with Gasteiger partial charge in [0.15, 0.2) is 0 Å². The zero-order valence-corrected chi connectivity index (χ0v) is 12.6. The third kappa shape index (κ3) is 3.84. The SMILES string of the molecule is COC(=O)Cc1cc(C(F)F)c(CBr)nc1I. The van der Waals surface area contributed by atoms with Crippen molar-refractivity contribution >= 4 is 44.5 Å². The summed E-state index contributed by atoms with van der Waals surface area (Å²) in [6, 6.07) is 1.31. The highest BCUT2D eigenvalue weighted by atomic mass is 127. The molecule has 1 aromatic heterocycles. The van der Waals surface area contributed by atoms with Crippen molar-refractivity contribution in [3.8, 4) is 0 Å². The van der Waals surface area contributed by atoms with Gasteiger partial charge in [0.1, 0.15) is 3.70 Å². The topological polar surface area (TPSA) is 39.2 Å². The van der Waals surface area contributed by atoms with Gasteiger partial charge >= 0.3 is 5.97 Å². The van der Waals surface area contributed by atoms with E-state index in [2.05, 4.69) is 25.7 Å². The van der Waals surface area contributed by atoms with E-state index in [1.807, 2.05) is 22.6 Å². The second kappa shape index (κ2) is 6.58. The van der Waals surface area contributed by atoms with Crippen LogP contribution in [0.1, 0.15) is 23.2 Å². The van der Waals surface area contributed by atoms with Gasteiger partial charge in [-0.3, -0.25) is 4.79 Å². The molecule has 17 heavy (non-hydrogen) atoms. The monoisotopic (exact) mass is 419 g/mol. The Balaban J connectivity index is 3.15. The molecule has 0 amide bonds. The number of hydrogen-bond acceptors (Lipinski definition) is 3. The van der Waals surface area contributed by atoms with E-state index < -0.39 is 12.4 Å². The second-order valence-electron chi connectivity index (χ2n) is 3.16. The molecule has 0 saturated carbocycles. The molecule has 0 aliphatic heterocycles. The summed E-state index contributed by atoms with van der Waals surface area (Å²) in [4.78, 5) is 15.2. The highest BCUT2D eigenvalue weighted by Gasteiger charge is 2.18. The molecule has 0 saturated heterocycles. The molecule has 0 N–H and O–H groups in total. The van der Waals surface area contributed by atoms with Crippen LogP contribution in [0, 0.1) is 3.70 Å². The van der Waals surface area contributed by atoms with Crippen LogP contribution in [0.2, 0.25) is 0 Å². The standard InChI is InChI=1S/C10H9BrF2INO2/c1-17-8(16)3-5-2-6(9(12)13)7(4-11)15-10(5)14/h2,9H,3-4H2,1H3. The van der Waals surface area contributed by atoms with E-state index in [1.54, 1.807) is 0 Å². The Morgan fingerprint density at radius 3 is 2.76 bits per heavy atom. The van der Waals surface area contributed by atoms with Crippen molar-refractivity contribution in [3.63, 3.8) is 0 Å². The first-order valence-electron chi connectivity index (χ1n) is 4.58. The van der Waals surface area contributed by atoms with Crippen molar-refractivity contribution in [1.82, 2.24) is 4.98 Å². The van der Waals surface area contributed by atoms with Crippen LogP contribution >= 0.6 is 38.5 Å². The fourth-order valence-electron chi connectivity index (χ4n) is 1.23. The Kier molecular flexibility index (Phi) is 5.71. The molecule has 0 unspecified atom stereocenters. The quantitative estimate of drug-likeness (QED) is 0.325. The highest BCUT2D eigenvalue weighted by Crippen LogP contribution is 2.26. The summed E-state index contributed by atoms with van der Waals surface area (Å²) in [5.74, 6) is -0.475. The number of esters is 1. The zero-order chi connectivity index (χ0) is 13.0. The Morgan fingerprint density at radius 1 is 1.65 bits per heavy atom. The van der Waals surface area contributed by atoms with Crippen molar-refractivity contribution in [2.24, 2.45) is 0 Å². The number of carbonyl (C=O) groups excluding carboxylic acids is 1. The Bertz CT molecular complexity index is 429. The lowest BCUT2D eigenvalue weighted by Gasteiger charge is -2.10. The molecule has 0 fully saturated rings. The van der Waals surface area contributed by atoms with Gasteiger partial charge in [-0.1, -0.05) is 15.9 Å². The number of pyridine rings is 1. The fraction of sp³-hybridized carbons (Fsp3) is 0.400. The number of carbonyl (C=O) groups is 1. The van der Waals surface area contributed by atoms with E-state index >= 15 is 0 Å². The van der Waals surface area contributed by atoms with Gasteiger partial charge in [-0.05, 0) is 34.2 Å². The highest BCUT2D eigenvalue weighted by molar-refractivity contribution is 14.1. The number of nitrogens with zero attached hydrogens (tertiary/aromatic N) is 1. The molecule has 1 aromatic rings. The molecular weight excluding hydrogens is 411 g/mol. The summed E-state index contributed by atoms with van der Waals surface area (Å²) >= 11 is 5.02. The lowest BCUT2D eigenvalue weighted by Crippen LogP contribution is -2.09. The van der Waals surface area contributed by atoms with Crippen molar-refractivity contribution in [2.45, 2.75) is 18.2 Å². The molecular formula is C10H9BrF2INO2. The summed E-state index contributed by atoms with van der Waals surface area (Å²) in [5, 5.41) is 0.251. The van der Waals surface area contributed by atoms with Crippen molar-refractivity contribution in [3.05, 3.63) is 26.6 Å². The number of aromatic nitrogens is 1. The molecule has 7 heteroatoms. The number of hydrogen-bond donors (Lipinski definition) is 0. The molecule has 0 bridgehead atoms. The molecule has 0 atom stereocenters. The number of alkyl halides is 3. The third-order valence-electron chi connectivity index (χ3n) is 2.09. The van der Waals surface area contributed by atoms with Gasteiger partial charge in [-0.25, -0.2) is 13.8 Å². The lowest BCUT2D eigenvalue weighted by molar-refractivity contribution is -0.139. The molecule has 0 spiro atoms. The van der Waals surface area contributed by atoms with Gasteiger partial charge in [-0.2, -0.15) is 0 Å². The van der Waals surface area contributed by atoms with Crippen LogP contribution in [0.25, 0.3) is 0 Å². The fourth-order valence-corrected chi connectivity index (χ4v) is 2.32. The van der Waals surface area contributed by atoms with Crippen LogP contribution in [0.15, 0.2) is 6.07 Å². The molecule has 94 valence electrons. The first-order valence-corrected chi connectivity index (χ1v) is 6.78. The minimum atomic E-state index is -2.61. The predicted octanol–water partition coefficient (Wildman–Crippen LogP) is 3.23. The van der Waals surface area contributed by atoms with E-state index in [1.165, 1.54) is 13.2 Å². The van der Waals surface area contributed by atoms with Crippen molar-refractivity contribution < 1.29 is 18.3 Å². The van der Waals surface area contributed by atoms with Crippen LogP contribution in [-0.4, -0.2) is 18.1 Å². The summed E-state index contributed by atoms with van der Waals surface area (Å²) < 4.78 is 30.6. The number of ether oxygens (including phenoxy) is 1. The lowest BCUT2D eigenvalue weighted by atomic mass is 10.1. The van der Waals surface area contributed by atoms with Gasteiger partial charge in [0.05, 0.1) is 19.2 Å². The average Bonchev–Trinajstić information content (AvgIpc) is 2.30. The summed E-state index contributed by atoms with van der Waals surface area (Å²) in [7, 11) is 1.25. The normalized spacial score (nSPS) is 10.7. The third-order valence-corrected chi connectivity index (χ3v) is 3.55. The average molecular weight is 420 g/mol. The number of halogens is 4. The van der Waals surface area contributed by atoms with Crippen molar-refractivity contribution in [1.29, 1.82) is 0 Å². The Morgan fingerprint density at radius 2 is 2.29 bits per heavy atom. The maximum Gasteiger partial charge on any atom is 0.310 e. The first-order chi connectivity index (χ1) is 7.99. The minimum absolute atomic E-state index is 0.0515. The van der Waals surface area contributed by atoms with Gasteiger partial charge in [0.2, 0.25) is 0 Å². The second-order valence-corrected chi connectivity index (χ2v) is 4.74. The largest absolute Gasteiger partial charge is 0.469 e. The Labute approximate surface area is 119 Å². The molecule has 1 rings (SSSR count). The smallest absolute Gasteiger partial charge is 0.310 e. The van der Waals surface area contributed by atoms with E-state index in [9.17, 15) is 13.6 Å². The van der Waals surface area contributed by atoms with Crippen LogP contribution in [0.4, 0.5) is 8.78 Å². The van der Waals surface area contributed by atoms with Crippen molar-refractivity contribution in [2.75, 3.05) is 7.11 Å². The Hall–Kier alpha value is -0.310. The van der Waals surface area contributed by atoms with E-state index in [0.717, 1.165) is 0 Å². The molecule has 0 radical (unpaired) electrons. The van der Waals surface area contributed by atoms with Gasteiger partial charge in [0, 0.05) is 10.9 Å².